The molecule has 1 aliphatic rings. The minimum Gasteiger partial charge on any atom is -0.497 e. The molecule has 1 aromatic heterocycles. The molecule has 1 saturated heterocycles. The fraction of sp³-hybridized carbons (Fsp3) is 0.318. The van der Waals surface area contributed by atoms with E-state index in [0.29, 0.717) is 5.92 Å². The van der Waals surface area contributed by atoms with E-state index in [2.05, 4.69) is 27.2 Å². The van der Waals surface area contributed by atoms with E-state index in [1.807, 2.05) is 30.5 Å². The van der Waals surface area contributed by atoms with Gasteiger partial charge in [0.25, 0.3) is 0 Å². The third-order valence-electron chi connectivity index (χ3n) is 5.28. The van der Waals surface area contributed by atoms with Crippen LogP contribution in [0.1, 0.15) is 30.0 Å². The molecule has 1 atom stereocenters. The summed E-state index contributed by atoms with van der Waals surface area (Å²) in [5.74, 6) is 1.08. The summed E-state index contributed by atoms with van der Waals surface area (Å²) in [5.41, 5.74) is 4.49. The van der Waals surface area contributed by atoms with Gasteiger partial charge in [-0.2, -0.15) is 5.10 Å². The molecular formula is C22H24FN3O. The molecule has 5 heteroatoms. The van der Waals surface area contributed by atoms with E-state index < -0.39 is 0 Å². The average Bonchev–Trinajstić information content (AvgIpc) is 3.19. The lowest BCUT2D eigenvalue weighted by molar-refractivity contribution is 0.198. The number of hydrogen-bond donors (Lipinski definition) is 1. The van der Waals surface area contributed by atoms with Crippen molar-refractivity contribution in [3.8, 4) is 16.9 Å². The number of nitrogens with zero attached hydrogens (tertiary/aromatic N) is 2. The van der Waals surface area contributed by atoms with Crippen LogP contribution in [-0.4, -0.2) is 35.3 Å². The first kappa shape index (κ1) is 17.7. The summed E-state index contributed by atoms with van der Waals surface area (Å²) in [4.78, 5) is 2.48. The standard InChI is InChI=1S/C22H24FN3O/c1-27-20-6-2-4-16(12-20)14-26-11-3-5-18(15-26)22-21(13-24-25-22)17-7-9-19(23)10-8-17/h2,4,6-10,12-13,18H,3,5,11,14-15H2,1H3,(H,24,25)/t18-/m0/s1. The average molecular weight is 365 g/mol. The molecule has 140 valence electrons. The van der Waals surface area contributed by atoms with Gasteiger partial charge < -0.3 is 4.74 Å². The van der Waals surface area contributed by atoms with E-state index in [4.69, 9.17) is 4.74 Å². The lowest BCUT2D eigenvalue weighted by Crippen LogP contribution is -2.34. The predicted octanol–water partition coefficient (Wildman–Crippen LogP) is 4.60. The Kier molecular flexibility index (Phi) is 5.21. The van der Waals surface area contributed by atoms with Gasteiger partial charge >= 0.3 is 0 Å². The van der Waals surface area contributed by atoms with Gasteiger partial charge in [-0.15, -0.1) is 0 Å². The van der Waals surface area contributed by atoms with Gasteiger partial charge in [-0.1, -0.05) is 24.3 Å². The van der Waals surface area contributed by atoms with Crippen LogP contribution in [0, 0.1) is 5.82 Å². The molecule has 4 nitrogen and oxygen atoms in total. The van der Waals surface area contributed by atoms with E-state index in [9.17, 15) is 4.39 Å². The summed E-state index contributed by atoms with van der Waals surface area (Å²) in [6.45, 7) is 2.98. The summed E-state index contributed by atoms with van der Waals surface area (Å²) >= 11 is 0. The van der Waals surface area contributed by atoms with Crippen LogP contribution in [-0.2, 0) is 6.54 Å². The predicted molar refractivity (Wildman–Crippen MR) is 104 cm³/mol. The number of piperidine rings is 1. The van der Waals surface area contributed by atoms with Crippen molar-refractivity contribution < 1.29 is 9.13 Å². The van der Waals surface area contributed by atoms with Crippen LogP contribution in [0.2, 0.25) is 0 Å². The molecule has 1 aliphatic heterocycles. The van der Waals surface area contributed by atoms with Gasteiger partial charge in [0.2, 0.25) is 0 Å². The Morgan fingerprint density at radius 3 is 2.89 bits per heavy atom. The number of aromatic amines is 1. The molecule has 1 N–H and O–H groups in total. The minimum atomic E-state index is -0.217. The highest BCUT2D eigenvalue weighted by Crippen LogP contribution is 2.33. The van der Waals surface area contributed by atoms with Crippen molar-refractivity contribution in [3.05, 3.63) is 71.8 Å². The van der Waals surface area contributed by atoms with Gasteiger partial charge in [-0.3, -0.25) is 10.00 Å². The quantitative estimate of drug-likeness (QED) is 0.718. The van der Waals surface area contributed by atoms with Crippen LogP contribution < -0.4 is 4.74 Å². The fourth-order valence-corrected chi connectivity index (χ4v) is 3.93. The zero-order valence-corrected chi connectivity index (χ0v) is 15.5. The van der Waals surface area contributed by atoms with Crippen molar-refractivity contribution in [1.82, 2.24) is 15.1 Å². The van der Waals surface area contributed by atoms with Gasteiger partial charge in [0.15, 0.2) is 0 Å². The van der Waals surface area contributed by atoms with Crippen molar-refractivity contribution in [1.29, 1.82) is 0 Å². The maximum Gasteiger partial charge on any atom is 0.123 e. The number of methoxy groups -OCH3 is 1. The number of halogens is 1. The molecule has 0 unspecified atom stereocenters. The first-order valence-corrected chi connectivity index (χ1v) is 9.37. The van der Waals surface area contributed by atoms with Gasteiger partial charge in [0.1, 0.15) is 11.6 Å². The van der Waals surface area contributed by atoms with E-state index in [1.54, 1.807) is 7.11 Å². The molecule has 4 rings (SSSR count). The second kappa shape index (κ2) is 7.92. The van der Waals surface area contributed by atoms with Gasteiger partial charge in [0, 0.05) is 30.3 Å². The van der Waals surface area contributed by atoms with Crippen LogP contribution in [0.15, 0.2) is 54.7 Å². The summed E-state index contributed by atoms with van der Waals surface area (Å²) in [5, 5.41) is 7.47. The molecule has 2 heterocycles. The zero-order valence-electron chi connectivity index (χ0n) is 15.5. The highest BCUT2D eigenvalue weighted by atomic mass is 19.1. The van der Waals surface area contributed by atoms with E-state index >= 15 is 0 Å². The first-order valence-electron chi connectivity index (χ1n) is 9.37. The van der Waals surface area contributed by atoms with E-state index in [1.165, 1.54) is 17.7 Å². The number of likely N-dealkylation sites (tertiary alicyclic amines) is 1. The lowest BCUT2D eigenvalue weighted by atomic mass is 9.90. The van der Waals surface area contributed by atoms with Crippen molar-refractivity contribution in [2.24, 2.45) is 0 Å². The van der Waals surface area contributed by atoms with Gasteiger partial charge in [-0.25, -0.2) is 4.39 Å². The number of ether oxygens (including phenoxy) is 1. The van der Waals surface area contributed by atoms with Crippen molar-refractivity contribution in [2.45, 2.75) is 25.3 Å². The summed E-state index contributed by atoms with van der Waals surface area (Å²) in [7, 11) is 1.70. The Bertz CT molecular complexity index is 891. The summed E-state index contributed by atoms with van der Waals surface area (Å²) < 4.78 is 18.6. The molecule has 0 spiro atoms. The Hall–Kier alpha value is -2.66. The van der Waals surface area contributed by atoms with E-state index in [0.717, 1.165) is 55.0 Å². The smallest absolute Gasteiger partial charge is 0.123 e. The second-order valence-corrected chi connectivity index (χ2v) is 7.13. The fourth-order valence-electron chi connectivity index (χ4n) is 3.93. The monoisotopic (exact) mass is 365 g/mol. The van der Waals surface area contributed by atoms with Gasteiger partial charge in [-0.05, 0) is 54.8 Å². The molecule has 2 aromatic carbocycles. The number of H-pyrrole nitrogens is 1. The number of nitrogens with one attached hydrogen (secondary N) is 1. The van der Waals surface area contributed by atoms with Crippen LogP contribution in [0.4, 0.5) is 4.39 Å². The Morgan fingerprint density at radius 2 is 2.07 bits per heavy atom. The van der Waals surface area contributed by atoms with E-state index in [-0.39, 0.29) is 5.82 Å². The second-order valence-electron chi connectivity index (χ2n) is 7.13. The number of benzene rings is 2. The van der Waals surface area contributed by atoms with Crippen molar-refractivity contribution in [3.63, 3.8) is 0 Å². The molecule has 0 amide bonds. The zero-order chi connectivity index (χ0) is 18.6. The van der Waals surface area contributed by atoms with Crippen LogP contribution >= 0.6 is 0 Å². The summed E-state index contributed by atoms with van der Waals surface area (Å²) in [6, 6.07) is 14.9. The Balaban J connectivity index is 1.50. The third-order valence-corrected chi connectivity index (χ3v) is 5.28. The lowest BCUT2D eigenvalue weighted by Gasteiger charge is -2.32. The number of rotatable bonds is 5. The van der Waals surface area contributed by atoms with Crippen LogP contribution in [0.5, 0.6) is 5.75 Å². The molecule has 0 aliphatic carbocycles. The molecule has 0 saturated carbocycles. The SMILES string of the molecule is COc1cccc(CN2CCC[C@H](c3[nH]ncc3-c3ccc(F)cc3)C2)c1. The molecule has 1 fully saturated rings. The number of aromatic nitrogens is 2. The maximum atomic E-state index is 13.3. The maximum absolute atomic E-state index is 13.3. The van der Waals surface area contributed by atoms with Gasteiger partial charge in [0.05, 0.1) is 13.3 Å². The van der Waals surface area contributed by atoms with Crippen LogP contribution in [0.3, 0.4) is 0 Å². The molecular weight excluding hydrogens is 341 g/mol. The third kappa shape index (κ3) is 4.03. The number of hydrogen-bond acceptors (Lipinski definition) is 3. The highest BCUT2D eigenvalue weighted by Gasteiger charge is 2.25. The first-order chi connectivity index (χ1) is 13.2. The van der Waals surface area contributed by atoms with Crippen molar-refractivity contribution >= 4 is 0 Å². The molecule has 0 bridgehead atoms. The highest BCUT2D eigenvalue weighted by molar-refractivity contribution is 5.65. The molecule has 3 aromatic rings. The topological polar surface area (TPSA) is 41.1 Å². The molecule has 27 heavy (non-hydrogen) atoms. The van der Waals surface area contributed by atoms with Crippen LogP contribution in [0.25, 0.3) is 11.1 Å². The summed E-state index contributed by atoms with van der Waals surface area (Å²) in [6.07, 6.45) is 4.13. The Morgan fingerprint density at radius 1 is 1.22 bits per heavy atom. The van der Waals surface area contributed by atoms with Crippen molar-refractivity contribution in [2.75, 3.05) is 20.2 Å². The normalized spacial score (nSPS) is 17.8. The Labute approximate surface area is 159 Å². The minimum absolute atomic E-state index is 0.217. The molecule has 0 radical (unpaired) electrons. The largest absolute Gasteiger partial charge is 0.497 e.